The molecule has 0 spiro atoms. The van der Waals surface area contributed by atoms with Crippen LogP contribution >= 0.6 is 0 Å². The SMILES string of the molecule is N#CC1CC1c1nc(Cc2cccc(C(F)(F)F)c2)no1. The summed E-state index contributed by atoms with van der Waals surface area (Å²) in [4.78, 5) is 4.15. The number of hydrogen-bond acceptors (Lipinski definition) is 4. The zero-order chi connectivity index (χ0) is 15.0. The third-order valence-electron chi connectivity index (χ3n) is 3.37. The van der Waals surface area contributed by atoms with Gasteiger partial charge in [0.05, 0.1) is 23.5 Å². The van der Waals surface area contributed by atoms with Crippen molar-refractivity contribution in [1.82, 2.24) is 10.1 Å². The van der Waals surface area contributed by atoms with Crippen molar-refractivity contribution in [2.24, 2.45) is 5.92 Å². The standard InChI is InChI=1S/C14H10F3N3O/c15-14(16,17)10-3-1-2-8(4-10)5-12-19-13(21-20-12)11-6-9(11)7-18/h1-4,9,11H,5-6H2. The molecule has 1 heterocycles. The Kier molecular flexibility index (Phi) is 3.16. The molecular formula is C14H10F3N3O. The average Bonchev–Trinajstić information content (AvgIpc) is 3.10. The highest BCUT2D eigenvalue weighted by Crippen LogP contribution is 2.46. The molecule has 2 aromatic rings. The summed E-state index contributed by atoms with van der Waals surface area (Å²) in [6, 6.07) is 7.15. The molecule has 1 aromatic heterocycles. The Balaban J connectivity index is 1.74. The highest BCUT2D eigenvalue weighted by atomic mass is 19.4. The number of benzene rings is 1. The first-order valence-electron chi connectivity index (χ1n) is 6.35. The number of halogens is 3. The van der Waals surface area contributed by atoms with Crippen LogP contribution < -0.4 is 0 Å². The van der Waals surface area contributed by atoms with E-state index in [4.69, 9.17) is 9.78 Å². The number of nitriles is 1. The van der Waals surface area contributed by atoms with E-state index in [1.54, 1.807) is 6.07 Å². The monoisotopic (exact) mass is 293 g/mol. The van der Waals surface area contributed by atoms with Crippen LogP contribution in [0.15, 0.2) is 28.8 Å². The molecule has 0 bridgehead atoms. The summed E-state index contributed by atoms with van der Waals surface area (Å²) < 4.78 is 42.9. The molecule has 1 aliphatic carbocycles. The molecule has 7 heteroatoms. The first kappa shape index (κ1) is 13.6. The number of alkyl halides is 3. The van der Waals surface area contributed by atoms with Crippen molar-refractivity contribution in [3.05, 3.63) is 47.1 Å². The van der Waals surface area contributed by atoms with E-state index in [9.17, 15) is 13.2 Å². The number of aromatic nitrogens is 2. The third-order valence-corrected chi connectivity index (χ3v) is 3.37. The molecule has 2 unspecified atom stereocenters. The van der Waals surface area contributed by atoms with Gasteiger partial charge in [-0.1, -0.05) is 23.4 Å². The van der Waals surface area contributed by atoms with Crippen LogP contribution in [-0.2, 0) is 12.6 Å². The summed E-state index contributed by atoms with van der Waals surface area (Å²) in [6.07, 6.45) is -3.51. The first-order chi connectivity index (χ1) is 9.97. The quantitative estimate of drug-likeness (QED) is 0.871. The maximum absolute atomic E-state index is 12.6. The Morgan fingerprint density at radius 2 is 2.19 bits per heavy atom. The normalized spacial score (nSPS) is 21.0. The third kappa shape index (κ3) is 2.89. The van der Waals surface area contributed by atoms with Gasteiger partial charge >= 0.3 is 6.18 Å². The Bertz CT molecular complexity index is 702. The van der Waals surface area contributed by atoms with E-state index in [0.717, 1.165) is 12.1 Å². The van der Waals surface area contributed by atoms with E-state index in [1.807, 2.05) is 0 Å². The molecule has 0 saturated heterocycles. The summed E-state index contributed by atoms with van der Waals surface area (Å²) in [5, 5.41) is 12.5. The fourth-order valence-corrected chi connectivity index (χ4v) is 2.14. The van der Waals surface area contributed by atoms with Crippen molar-refractivity contribution in [2.75, 3.05) is 0 Å². The summed E-state index contributed by atoms with van der Waals surface area (Å²) in [6.45, 7) is 0. The summed E-state index contributed by atoms with van der Waals surface area (Å²) in [5.74, 6) is 0.598. The molecule has 108 valence electrons. The first-order valence-corrected chi connectivity index (χ1v) is 6.35. The lowest BCUT2D eigenvalue weighted by Gasteiger charge is -2.07. The molecular weight excluding hydrogens is 283 g/mol. The highest BCUT2D eigenvalue weighted by Gasteiger charge is 2.43. The van der Waals surface area contributed by atoms with Crippen LogP contribution in [0.5, 0.6) is 0 Å². The smallest absolute Gasteiger partial charge is 0.339 e. The lowest BCUT2D eigenvalue weighted by Crippen LogP contribution is -2.05. The molecule has 4 nitrogen and oxygen atoms in total. The fraction of sp³-hybridized carbons (Fsp3) is 0.357. The van der Waals surface area contributed by atoms with Crippen LogP contribution in [0.2, 0.25) is 0 Å². The summed E-state index contributed by atoms with van der Waals surface area (Å²) in [7, 11) is 0. The molecule has 0 N–H and O–H groups in total. The lowest BCUT2D eigenvalue weighted by atomic mass is 10.1. The van der Waals surface area contributed by atoms with Crippen molar-refractivity contribution in [3.8, 4) is 6.07 Å². The van der Waals surface area contributed by atoms with Crippen LogP contribution in [0.25, 0.3) is 0 Å². The second kappa shape index (κ2) is 4.88. The number of rotatable bonds is 3. The molecule has 0 amide bonds. The van der Waals surface area contributed by atoms with E-state index in [1.165, 1.54) is 6.07 Å². The predicted molar refractivity (Wildman–Crippen MR) is 65.0 cm³/mol. The Morgan fingerprint density at radius 1 is 1.38 bits per heavy atom. The summed E-state index contributed by atoms with van der Waals surface area (Å²) >= 11 is 0. The van der Waals surface area contributed by atoms with Gasteiger partial charge in [-0.3, -0.25) is 0 Å². The van der Waals surface area contributed by atoms with Gasteiger partial charge in [-0.25, -0.2) is 0 Å². The van der Waals surface area contributed by atoms with Crippen molar-refractivity contribution < 1.29 is 17.7 Å². The Hall–Kier alpha value is -2.36. The van der Waals surface area contributed by atoms with Crippen LogP contribution in [0.3, 0.4) is 0 Å². The zero-order valence-corrected chi connectivity index (χ0v) is 10.8. The molecule has 3 rings (SSSR count). The second-order valence-electron chi connectivity index (χ2n) is 5.00. The Labute approximate surface area is 118 Å². The van der Waals surface area contributed by atoms with Gasteiger partial charge in [0.1, 0.15) is 0 Å². The van der Waals surface area contributed by atoms with Gasteiger partial charge in [-0.15, -0.1) is 0 Å². The molecule has 0 radical (unpaired) electrons. The van der Waals surface area contributed by atoms with Crippen molar-refractivity contribution in [2.45, 2.75) is 24.9 Å². The Morgan fingerprint density at radius 3 is 2.86 bits per heavy atom. The minimum Gasteiger partial charge on any atom is -0.339 e. The molecule has 0 aliphatic heterocycles. The molecule has 21 heavy (non-hydrogen) atoms. The second-order valence-corrected chi connectivity index (χ2v) is 5.00. The highest BCUT2D eigenvalue weighted by molar-refractivity contribution is 5.27. The average molecular weight is 293 g/mol. The minimum atomic E-state index is -4.37. The topological polar surface area (TPSA) is 62.7 Å². The van der Waals surface area contributed by atoms with E-state index in [-0.39, 0.29) is 18.3 Å². The largest absolute Gasteiger partial charge is 0.416 e. The number of hydrogen-bond donors (Lipinski definition) is 0. The van der Waals surface area contributed by atoms with E-state index < -0.39 is 11.7 Å². The van der Waals surface area contributed by atoms with Crippen LogP contribution in [0, 0.1) is 17.2 Å². The van der Waals surface area contributed by atoms with E-state index >= 15 is 0 Å². The van der Waals surface area contributed by atoms with Crippen LogP contribution in [-0.4, -0.2) is 10.1 Å². The molecule has 1 aliphatic rings. The predicted octanol–water partition coefficient (Wildman–Crippen LogP) is 3.31. The number of nitrogens with zero attached hydrogens (tertiary/aromatic N) is 3. The van der Waals surface area contributed by atoms with E-state index in [0.29, 0.717) is 23.7 Å². The maximum atomic E-state index is 12.6. The van der Waals surface area contributed by atoms with Gasteiger partial charge in [0.15, 0.2) is 5.82 Å². The van der Waals surface area contributed by atoms with Crippen molar-refractivity contribution in [3.63, 3.8) is 0 Å². The molecule has 1 saturated carbocycles. The molecule has 1 aromatic carbocycles. The van der Waals surface area contributed by atoms with Gasteiger partial charge in [-0.05, 0) is 18.1 Å². The minimum absolute atomic E-state index is 0.0299. The van der Waals surface area contributed by atoms with Gasteiger partial charge in [0, 0.05) is 6.42 Å². The maximum Gasteiger partial charge on any atom is 0.416 e. The van der Waals surface area contributed by atoms with Crippen molar-refractivity contribution >= 4 is 0 Å². The molecule has 1 fully saturated rings. The van der Waals surface area contributed by atoms with Crippen LogP contribution in [0.4, 0.5) is 13.2 Å². The summed E-state index contributed by atoms with van der Waals surface area (Å²) in [5.41, 5.74) is -0.236. The van der Waals surface area contributed by atoms with E-state index in [2.05, 4.69) is 16.2 Å². The van der Waals surface area contributed by atoms with Gasteiger partial charge in [-0.2, -0.15) is 23.4 Å². The molecule has 2 atom stereocenters. The van der Waals surface area contributed by atoms with Gasteiger partial charge < -0.3 is 4.52 Å². The van der Waals surface area contributed by atoms with Gasteiger partial charge in [0.25, 0.3) is 0 Å². The van der Waals surface area contributed by atoms with Gasteiger partial charge in [0.2, 0.25) is 5.89 Å². The van der Waals surface area contributed by atoms with Crippen molar-refractivity contribution in [1.29, 1.82) is 5.26 Å². The lowest BCUT2D eigenvalue weighted by molar-refractivity contribution is -0.137. The fourth-order valence-electron chi connectivity index (χ4n) is 2.14. The zero-order valence-electron chi connectivity index (χ0n) is 10.8. The van der Waals surface area contributed by atoms with Crippen LogP contribution in [0.1, 0.15) is 35.2 Å².